The molecule has 2 N–H and O–H groups in total. The molecule has 0 bridgehead atoms. The highest BCUT2D eigenvalue weighted by atomic mass is 14.9. The van der Waals surface area contributed by atoms with Crippen LogP contribution in [0.3, 0.4) is 0 Å². The zero-order valence-corrected chi connectivity index (χ0v) is 6.60. The van der Waals surface area contributed by atoms with Crippen LogP contribution in [0.5, 0.6) is 0 Å². The predicted molar refractivity (Wildman–Crippen MR) is 42.7 cm³/mol. The molecule has 0 aromatic carbocycles. The van der Waals surface area contributed by atoms with Gasteiger partial charge in [0.15, 0.2) is 0 Å². The minimum atomic E-state index is 0.320. The van der Waals surface area contributed by atoms with E-state index in [-0.39, 0.29) is 0 Å². The van der Waals surface area contributed by atoms with E-state index in [0.29, 0.717) is 5.54 Å². The molecule has 2 unspecified atom stereocenters. The van der Waals surface area contributed by atoms with Crippen LogP contribution in [0.1, 0.15) is 44.9 Å². The third-order valence-electron chi connectivity index (χ3n) is 3.22. The average Bonchev–Trinajstić information content (AvgIpc) is 2.44. The van der Waals surface area contributed by atoms with E-state index in [1.54, 1.807) is 0 Å². The van der Waals surface area contributed by atoms with Crippen molar-refractivity contribution < 1.29 is 0 Å². The Hall–Kier alpha value is -0.0400. The summed E-state index contributed by atoms with van der Waals surface area (Å²) >= 11 is 0. The number of rotatable bonds is 0. The Morgan fingerprint density at radius 3 is 2.80 bits per heavy atom. The highest BCUT2D eigenvalue weighted by Crippen LogP contribution is 2.49. The first kappa shape index (κ1) is 6.66. The van der Waals surface area contributed by atoms with Crippen LogP contribution in [0.4, 0.5) is 0 Å². The van der Waals surface area contributed by atoms with Crippen molar-refractivity contribution in [2.24, 2.45) is 11.7 Å². The van der Waals surface area contributed by atoms with E-state index in [4.69, 9.17) is 5.73 Å². The normalized spacial score (nSPS) is 47.1. The standard InChI is InChI=1S/C9H17N/c10-9-6-4-2-1-3-5-8(9)7-9/h8H,1-7,10H2. The monoisotopic (exact) mass is 139 g/mol. The lowest BCUT2D eigenvalue weighted by atomic mass is 9.97. The van der Waals surface area contributed by atoms with E-state index in [1.807, 2.05) is 0 Å². The van der Waals surface area contributed by atoms with Gasteiger partial charge in [0, 0.05) is 5.54 Å². The van der Waals surface area contributed by atoms with Gasteiger partial charge >= 0.3 is 0 Å². The van der Waals surface area contributed by atoms with Crippen molar-refractivity contribution in [1.82, 2.24) is 0 Å². The zero-order valence-electron chi connectivity index (χ0n) is 6.60. The summed E-state index contributed by atoms with van der Waals surface area (Å²) in [5, 5.41) is 0. The van der Waals surface area contributed by atoms with Crippen molar-refractivity contribution in [2.75, 3.05) is 0 Å². The molecule has 2 rings (SSSR count). The lowest BCUT2D eigenvalue weighted by Crippen LogP contribution is -2.25. The number of nitrogens with two attached hydrogens (primary N) is 1. The lowest BCUT2D eigenvalue weighted by Gasteiger charge is -2.14. The maximum atomic E-state index is 6.12. The first-order valence-electron chi connectivity index (χ1n) is 4.60. The van der Waals surface area contributed by atoms with Crippen LogP contribution in [-0.4, -0.2) is 5.54 Å². The Morgan fingerprint density at radius 2 is 1.90 bits per heavy atom. The molecule has 0 saturated heterocycles. The van der Waals surface area contributed by atoms with Gasteiger partial charge in [0.1, 0.15) is 0 Å². The topological polar surface area (TPSA) is 26.0 Å². The summed E-state index contributed by atoms with van der Waals surface area (Å²) in [6, 6.07) is 0. The van der Waals surface area contributed by atoms with Crippen LogP contribution in [0.15, 0.2) is 0 Å². The molecule has 0 aromatic heterocycles. The first-order valence-corrected chi connectivity index (χ1v) is 4.60. The lowest BCUT2D eigenvalue weighted by molar-refractivity contribution is 0.442. The molecular formula is C9H17N. The van der Waals surface area contributed by atoms with E-state index < -0.39 is 0 Å². The van der Waals surface area contributed by atoms with Crippen molar-refractivity contribution in [1.29, 1.82) is 0 Å². The fourth-order valence-electron chi connectivity index (χ4n) is 2.29. The predicted octanol–water partition coefficient (Wildman–Crippen LogP) is 2.06. The van der Waals surface area contributed by atoms with Crippen molar-refractivity contribution in [2.45, 2.75) is 50.5 Å². The van der Waals surface area contributed by atoms with Gasteiger partial charge in [0.2, 0.25) is 0 Å². The minimum absolute atomic E-state index is 0.320. The summed E-state index contributed by atoms with van der Waals surface area (Å²) in [4.78, 5) is 0. The molecule has 0 amide bonds. The fourth-order valence-corrected chi connectivity index (χ4v) is 2.29. The van der Waals surface area contributed by atoms with Crippen LogP contribution >= 0.6 is 0 Å². The van der Waals surface area contributed by atoms with Crippen molar-refractivity contribution in [3.8, 4) is 0 Å². The molecule has 10 heavy (non-hydrogen) atoms. The number of hydrogen-bond acceptors (Lipinski definition) is 1. The van der Waals surface area contributed by atoms with Gasteiger partial charge in [-0.25, -0.2) is 0 Å². The highest BCUT2D eigenvalue weighted by Gasteiger charge is 2.49. The largest absolute Gasteiger partial charge is 0.325 e. The second-order valence-corrected chi connectivity index (χ2v) is 4.09. The fraction of sp³-hybridized carbons (Fsp3) is 1.00. The van der Waals surface area contributed by atoms with Crippen molar-refractivity contribution in [3.05, 3.63) is 0 Å². The second-order valence-electron chi connectivity index (χ2n) is 4.09. The van der Waals surface area contributed by atoms with E-state index in [9.17, 15) is 0 Å². The third kappa shape index (κ3) is 1.07. The maximum Gasteiger partial charge on any atom is 0.0186 e. The van der Waals surface area contributed by atoms with Gasteiger partial charge in [-0.05, 0) is 25.2 Å². The summed E-state index contributed by atoms with van der Waals surface area (Å²) in [5.41, 5.74) is 6.44. The van der Waals surface area contributed by atoms with E-state index in [0.717, 1.165) is 5.92 Å². The number of fused-ring (bicyclic) bond motifs is 1. The molecular weight excluding hydrogens is 122 g/mol. The number of hydrogen-bond donors (Lipinski definition) is 1. The summed E-state index contributed by atoms with van der Waals surface area (Å²) < 4.78 is 0. The summed E-state index contributed by atoms with van der Waals surface area (Å²) in [7, 11) is 0. The van der Waals surface area contributed by atoms with Crippen molar-refractivity contribution in [3.63, 3.8) is 0 Å². The molecule has 1 heteroatoms. The Labute approximate surface area is 63.0 Å². The van der Waals surface area contributed by atoms with Gasteiger partial charge in [-0.1, -0.05) is 25.7 Å². The Balaban J connectivity index is 1.91. The van der Waals surface area contributed by atoms with Gasteiger partial charge in [0.25, 0.3) is 0 Å². The summed E-state index contributed by atoms with van der Waals surface area (Å²) in [5.74, 6) is 0.910. The second kappa shape index (κ2) is 2.23. The molecule has 0 spiro atoms. The highest BCUT2D eigenvalue weighted by molar-refractivity contribution is 5.07. The van der Waals surface area contributed by atoms with E-state index >= 15 is 0 Å². The van der Waals surface area contributed by atoms with Crippen LogP contribution in [0.2, 0.25) is 0 Å². The smallest absolute Gasteiger partial charge is 0.0186 e. The molecule has 2 atom stereocenters. The molecule has 2 fully saturated rings. The minimum Gasteiger partial charge on any atom is -0.325 e. The van der Waals surface area contributed by atoms with Crippen molar-refractivity contribution >= 4 is 0 Å². The van der Waals surface area contributed by atoms with Crippen LogP contribution < -0.4 is 5.73 Å². The molecule has 1 nitrogen and oxygen atoms in total. The molecule has 0 radical (unpaired) electrons. The molecule has 0 aliphatic heterocycles. The summed E-state index contributed by atoms with van der Waals surface area (Å²) in [6.07, 6.45) is 9.73. The van der Waals surface area contributed by atoms with Crippen LogP contribution in [0.25, 0.3) is 0 Å². The first-order chi connectivity index (χ1) is 4.81. The Morgan fingerprint density at radius 1 is 1.10 bits per heavy atom. The molecule has 2 saturated carbocycles. The zero-order chi connectivity index (χ0) is 7.03. The molecule has 58 valence electrons. The molecule has 2 aliphatic carbocycles. The SMILES string of the molecule is NC12CCCCCCC1C2. The van der Waals surface area contributed by atoms with Crippen LogP contribution in [-0.2, 0) is 0 Å². The van der Waals surface area contributed by atoms with E-state index in [1.165, 1.54) is 44.9 Å². The molecule has 0 aromatic rings. The molecule has 0 heterocycles. The average molecular weight is 139 g/mol. The van der Waals surface area contributed by atoms with Gasteiger partial charge < -0.3 is 5.73 Å². The molecule has 2 aliphatic rings. The Kier molecular flexibility index (Phi) is 1.48. The van der Waals surface area contributed by atoms with Gasteiger partial charge in [-0.15, -0.1) is 0 Å². The summed E-state index contributed by atoms with van der Waals surface area (Å²) in [6.45, 7) is 0. The van der Waals surface area contributed by atoms with Crippen LogP contribution in [0, 0.1) is 5.92 Å². The Bertz CT molecular complexity index is 133. The van der Waals surface area contributed by atoms with Gasteiger partial charge in [-0.2, -0.15) is 0 Å². The quantitative estimate of drug-likeness (QED) is 0.546. The maximum absolute atomic E-state index is 6.12. The van der Waals surface area contributed by atoms with E-state index in [2.05, 4.69) is 0 Å². The third-order valence-corrected chi connectivity index (χ3v) is 3.22. The van der Waals surface area contributed by atoms with Gasteiger partial charge in [0.05, 0.1) is 0 Å². The van der Waals surface area contributed by atoms with Gasteiger partial charge in [-0.3, -0.25) is 0 Å².